The van der Waals surface area contributed by atoms with Crippen LogP contribution in [0, 0.1) is 0 Å². The van der Waals surface area contributed by atoms with Crippen molar-refractivity contribution in [1.82, 2.24) is 19.5 Å². The molecule has 0 spiro atoms. The molecule has 4 N–H and O–H groups in total. The number of aliphatic hydroxyl groups excluding tert-OH is 2. The van der Waals surface area contributed by atoms with Crippen LogP contribution in [0.3, 0.4) is 0 Å². The summed E-state index contributed by atoms with van der Waals surface area (Å²) in [6, 6.07) is 0. The van der Waals surface area contributed by atoms with Crippen molar-refractivity contribution in [1.29, 1.82) is 0 Å². The number of fused-ring (bicyclic) bond motifs is 1. The number of nitrogen functional groups attached to an aromatic ring is 1. The average Bonchev–Trinajstić information content (AvgIpc) is 3.13. The van der Waals surface area contributed by atoms with Gasteiger partial charge >= 0.3 is 88.7 Å². The van der Waals surface area contributed by atoms with Gasteiger partial charge in [0.1, 0.15) is 23.8 Å². The van der Waals surface area contributed by atoms with E-state index in [0.29, 0.717) is 5.16 Å². The Balaban J connectivity index is 0.00000320. The number of phosphoric ester groups is 1. The van der Waals surface area contributed by atoms with Gasteiger partial charge in [-0.3, -0.25) is 13.4 Å². The van der Waals surface area contributed by atoms with Crippen LogP contribution in [0.5, 0.6) is 0 Å². The predicted molar refractivity (Wildman–Crippen MR) is 89.7 cm³/mol. The largest absolute Gasteiger partial charge is 1.00 e. The summed E-state index contributed by atoms with van der Waals surface area (Å²) >= 11 is 1.20. The third-order valence-corrected chi connectivity index (χ3v) is 6.43. The summed E-state index contributed by atoms with van der Waals surface area (Å²) in [5.41, 5.74) is 6.22. The first kappa shape index (κ1) is 33.8. The molecular weight excluding hydrogens is 525 g/mol. The fourth-order valence-corrected chi connectivity index (χ4v) is 4.47. The zero-order chi connectivity index (χ0) is 21.6. The maximum absolute atomic E-state index is 11.3. The molecule has 3 rings (SSSR count). The Morgan fingerprint density at radius 1 is 1.22 bits per heavy atom. The van der Waals surface area contributed by atoms with Crippen LogP contribution >= 0.6 is 27.4 Å². The number of aromatic nitrogens is 4. The van der Waals surface area contributed by atoms with Crippen LogP contribution in [0.2, 0.25) is 0 Å². The molecule has 3 heterocycles. The number of hydrogen-bond donors (Lipinski definition) is 3. The van der Waals surface area contributed by atoms with Gasteiger partial charge in [-0.05, 0) is 6.26 Å². The number of anilines is 1. The molecule has 0 radical (unpaired) electrons. The molecule has 0 aliphatic carbocycles. The van der Waals surface area contributed by atoms with Crippen molar-refractivity contribution in [2.24, 2.45) is 0 Å². The second kappa shape index (κ2) is 13.4. The first-order valence-electron chi connectivity index (χ1n) is 7.66. The van der Waals surface area contributed by atoms with Gasteiger partial charge < -0.3 is 44.5 Å². The number of rotatable bonds is 7. The molecule has 1 aliphatic heterocycles. The second-order valence-corrected chi connectivity index (χ2v) is 9.21. The number of nitrogens with two attached hydrogens (primary N) is 1. The van der Waals surface area contributed by atoms with Crippen molar-refractivity contribution in [3.63, 3.8) is 0 Å². The van der Waals surface area contributed by atoms with Crippen LogP contribution in [0.25, 0.3) is 11.2 Å². The average molecular weight is 539 g/mol. The van der Waals surface area contributed by atoms with Gasteiger partial charge in [0.2, 0.25) is 0 Å². The van der Waals surface area contributed by atoms with Crippen molar-refractivity contribution in [3.05, 3.63) is 6.33 Å². The minimum absolute atomic E-state index is 0. The van der Waals surface area contributed by atoms with E-state index in [4.69, 9.17) is 10.5 Å². The summed E-state index contributed by atoms with van der Waals surface area (Å²) < 4.78 is 36.0. The zero-order valence-corrected chi connectivity index (χ0v) is 26.0. The van der Waals surface area contributed by atoms with E-state index in [1.165, 1.54) is 22.7 Å². The fourth-order valence-electron chi connectivity index (χ4n) is 2.60. The van der Waals surface area contributed by atoms with Gasteiger partial charge in [0.15, 0.2) is 22.8 Å². The SMILES string of the molecule is CSc1nc(N)c2ncn(C3OC(COP(=O)([O-])OP(=O)([O-])[O-])C(O)C3O)c2n1.[Na+].[Na+].[Na+]. The van der Waals surface area contributed by atoms with Crippen LogP contribution < -0.4 is 109 Å². The maximum Gasteiger partial charge on any atom is 1.00 e. The third-order valence-electron chi connectivity index (χ3n) is 3.82. The number of thioether (sulfide) groups is 1. The molecule has 2 aromatic heterocycles. The Bertz CT molecular complexity index is 1010. The summed E-state index contributed by atoms with van der Waals surface area (Å²) in [6.45, 7) is -0.935. The topological polar surface area (TPSA) is 241 Å². The molecule has 1 fully saturated rings. The smallest absolute Gasteiger partial charge is 0.790 e. The molecule has 1 saturated heterocycles. The van der Waals surface area contributed by atoms with Gasteiger partial charge in [0.05, 0.1) is 20.8 Å². The van der Waals surface area contributed by atoms with Gasteiger partial charge in [-0.1, -0.05) is 11.8 Å². The van der Waals surface area contributed by atoms with Crippen LogP contribution in [0.1, 0.15) is 6.23 Å². The third kappa shape index (κ3) is 8.18. The van der Waals surface area contributed by atoms with Gasteiger partial charge in [-0.15, -0.1) is 0 Å². The Hall–Kier alpha value is 1.84. The van der Waals surface area contributed by atoms with Gasteiger partial charge in [0, 0.05) is 0 Å². The molecule has 0 aromatic carbocycles. The molecule has 0 bridgehead atoms. The summed E-state index contributed by atoms with van der Waals surface area (Å²) in [4.78, 5) is 44.5. The summed E-state index contributed by atoms with van der Waals surface area (Å²) in [7, 11) is -11.4. The summed E-state index contributed by atoms with van der Waals surface area (Å²) in [6.07, 6.45) is -2.93. The Kier molecular flexibility index (Phi) is 14.2. The molecular formula is C11H14N5Na3O10P2S. The van der Waals surface area contributed by atoms with E-state index in [1.807, 2.05) is 0 Å². The van der Waals surface area contributed by atoms with Gasteiger partial charge in [-0.25, -0.2) is 15.0 Å². The fraction of sp³-hybridized carbons (Fsp3) is 0.545. The number of aliphatic hydroxyl groups is 2. The molecule has 15 nitrogen and oxygen atoms in total. The quantitative estimate of drug-likeness (QED) is 0.128. The summed E-state index contributed by atoms with van der Waals surface area (Å²) in [5, 5.41) is 20.7. The molecule has 0 amide bonds. The van der Waals surface area contributed by atoms with E-state index in [-0.39, 0.29) is 106 Å². The van der Waals surface area contributed by atoms with E-state index in [0.717, 1.165) is 0 Å². The number of nitrogens with zero attached hydrogens (tertiary/aromatic N) is 4. The standard InChI is InChI=1S/C11H17N5O10P2S.3Na/c1-29-11-14-8(12)5-9(15-11)16(3-13-5)10-7(18)6(17)4(25-10)2-24-28(22,23)26-27(19,20)21;;;/h3-4,6-7,10,17-18H,2H2,1H3,(H,22,23)(H2,12,14,15)(H2,19,20,21);;;/q;3*+1/p-3. The van der Waals surface area contributed by atoms with Crippen LogP contribution in [-0.4, -0.2) is 60.9 Å². The van der Waals surface area contributed by atoms with Gasteiger partial charge in [0.25, 0.3) is 7.82 Å². The maximum atomic E-state index is 11.3. The molecule has 2 aromatic rings. The predicted octanol–water partition coefficient (Wildman–Crippen LogP) is -11.9. The second-order valence-electron chi connectivity index (χ2n) is 5.74. The number of ether oxygens (including phenoxy) is 1. The minimum atomic E-state index is -5.86. The van der Waals surface area contributed by atoms with Crippen LogP contribution in [0.4, 0.5) is 5.82 Å². The minimum Gasteiger partial charge on any atom is -0.790 e. The van der Waals surface area contributed by atoms with E-state index in [9.17, 15) is 34.0 Å². The van der Waals surface area contributed by atoms with Crippen molar-refractivity contribution in [2.75, 3.05) is 18.6 Å². The molecule has 162 valence electrons. The molecule has 32 heavy (non-hydrogen) atoms. The molecule has 21 heteroatoms. The van der Waals surface area contributed by atoms with Crippen molar-refractivity contribution in [2.45, 2.75) is 29.7 Å². The van der Waals surface area contributed by atoms with E-state index < -0.39 is 46.8 Å². The number of hydrogen-bond acceptors (Lipinski definition) is 15. The molecule has 5 unspecified atom stereocenters. The zero-order valence-electron chi connectivity index (χ0n) is 17.4. The first-order chi connectivity index (χ1) is 13.4. The van der Waals surface area contributed by atoms with E-state index in [2.05, 4.69) is 23.8 Å². The monoisotopic (exact) mass is 539 g/mol. The Morgan fingerprint density at radius 2 is 1.84 bits per heavy atom. The molecule has 5 atom stereocenters. The van der Waals surface area contributed by atoms with E-state index in [1.54, 1.807) is 6.26 Å². The van der Waals surface area contributed by atoms with Crippen LogP contribution in [0.15, 0.2) is 11.5 Å². The van der Waals surface area contributed by atoms with E-state index >= 15 is 0 Å². The Labute approximate surface area is 251 Å². The van der Waals surface area contributed by atoms with Crippen molar-refractivity contribution < 1.29 is 136 Å². The van der Waals surface area contributed by atoms with Crippen LogP contribution in [-0.2, 0) is 22.7 Å². The first-order valence-corrected chi connectivity index (χ1v) is 11.8. The Morgan fingerprint density at radius 3 is 2.41 bits per heavy atom. The molecule has 1 aliphatic rings. The van der Waals surface area contributed by atoms with Gasteiger partial charge in [-0.2, -0.15) is 0 Å². The molecule has 0 saturated carbocycles. The normalized spacial score (nSPS) is 24.8. The van der Waals surface area contributed by atoms with Crippen molar-refractivity contribution >= 4 is 44.4 Å². The van der Waals surface area contributed by atoms with Crippen molar-refractivity contribution in [3.8, 4) is 0 Å². The number of phosphoric acid groups is 2. The summed E-state index contributed by atoms with van der Waals surface area (Å²) in [5.74, 6) is 0.0788. The number of imidazole rings is 1.